The third-order valence-corrected chi connectivity index (χ3v) is 4.52. The summed E-state index contributed by atoms with van der Waals surface area (Å²) in [6.45, 7) is 0.390. The Labute approximate surface area is 119 Å². The van der Waals surface area contributed by atoms with Gasteiger partial charge >= 0.3 is 0 Å². The molecule has 0 spiro atoms. The molecule has 1 heterocycles. The van der Waals surface area contributed by atoms with Crippen LogP contribution in [0.4, 0.5) is 5.69 Å². The molecule has 1 aromatic carbocycles. The van der Waals surface area contributed by atoms with Crippen molar-refractivity contribution < 1.29 is 13.2 Å². The zero-order chi connectivity index (χ0) is 14.8. The Hall–Kier alpha value is -1.84. The number of sulfonamides is 1. The Morgan fingerprint density at radius 3 is 2.90 bits per heavy atom. The van der Waals surface area contributed by atoms with Crippen LogP contribution in [0.3, 0.4) is 0 Å². The monoisotopic (exact) mass is 292 g/mol. The second kappa shape index (κ2) is 5.65. The minimum atomic E-state index is -3.36. The van der Waals surface area contributed by atoms with E-state index in [9.17, 15) is 13.2 Å². The molecule has 2 rings (SSSR count). The number of benzene rings is 1. The molecule has 1 aliphatic heterocycles. The van der Waals surface area contributed by atoms with Crippen LogP contribution in [0.15, 0.2) is 24.3 Å². The zero-order valence-electron chi connectivity index (χ0n) is 11.2. The molecule has 1 fully saturated rings. The molecule has 1 atom stereocenters. The van der Waals surface area contributed by atoms with Gasteiger partial charge in [-0.25, -0.2) is 8.42 Å². The molecule has 106 valence electrons. The summed E-state index contributed by atoms with van der Waals surface area (Å²) in [4.78, 5) is 12.2. The molecule has 1 saturated heterocycles. The lowest BCUT2D eigenvalue weighted by molar-refractivity contribution is -0.119. The van der Waals surface area contributed by atoms with Gasteiger partial charge in [-0.2, -0.15) is 4.31 Å². The van der Waals surface area contributed by atoms with Crippen molar-refractivity contribution in [3.63, 3.8) is 0 Å². The maximum Gasteiger partial charge on any atom is 0.242 e. The number of rotatable bonds is 3. The number of nitrogens with one attached hydrogen (secondary N) is 1. The van der Waals surface area contributed by atoms with E-state index in [2.05, 4.69) is 11.2 Å². The summed E-state index contributed by atoms with van der Waals surface area (Å²) in [5.74, 6) is 2.17. The number of terminal acetylenes is 1. The van der Waals surface area contributed by atoms with Crippen molar-refractivity contribution >= 4 is 21.6 Å². The summed E-state index contributed by atoms with van der Waals surface area (Å²) in [6, 6.07) is 6.26. The van der Waals surface area contributed by atoms with Crippen LogP contribution in [0.1, 0.15) is 18.4 Å². The number of hydrogen-bond donors (Lipinski definition) is 1. The number of anilines is 1. The highest BCUT2D eigenvalue weighted by Gasteiger charge is 2.36. The van der Waals surface area contributed by atoms with Gasteiger partial charge in [-0.05, 0) is 31.0 Å². The lowest BCUT2D eigenvalue weighted by Crippen LogP contribution is -2.42. The van der Waals surface area contributed by atoms with Crippen LogP contribution in [0, 0.1) is 12.3 Å². The average molecular weight is 292 g/mol. The van der Waals surface area contributed by atoms with E-state index < -0.39 is 16.1 Å². The number of carbonyl (C=O) groups excluding carboxylic acids is 1. The molecular formula is C14H16N2O3S. The van der Waals surface area contributed by atoms with Gasteiger partial charge in [0.1, 0.15) is 6.04 Å². The van der Waals surface area contributed by atoms with Crippen molar-refractivity contribution in [3.05, 3.63) is 29.8 Å². The third kappa shape index (κ3) is 3.18. The van der Waals surface area contributed by atoms with E-state index in [-0.39, 0.29) is 5.91 Å². The van der Waals surface area contributed by atoms with Crippen LogP contribution in [-0.2, 0) is 14.8 Å². The molecule has 1 aliphatic rings. The van der Waals surface area contributed by atoms with Gasteiger partial charge in [0.25, 0.3) is 0 Å². The van der Waals surface area contributed by atoms with Gasteiger partial charge in [-0.1, -0.05) is 12.0 Å². The predicted octanol–water partition coefficient (Wildman–Crippen LogP) is 1.03. The highest BCUT2D eigenvalue weighted by Crippen LogP contribution is 2.22. The quantitative estimate of drug-likeness (QED) is 0.846. The number of hydrogen-bond acceptors (Lipinski definition) is 3. The fourth-order valence-electron chi connectivity index (χ4n) is 2.31. The van der Waals surface area contributed by atoms with E-state index in [4.69, 9.17) is 6.42 Å². The Morgan fingerprint density at radius 2 is 2.25 bits per heavy atom. The summed E-state index contributed by atoms with van der Waals surface area (Å²) >= 11 is 0. The molecule has 0 aromatic heterocycles. The molecule has 0 radical (unpaired) electrons. The molecule has 6 heteroatoms. The van der Waals surface area contributed by atoms with Gasteiger partial charge < -0.3 is 5.32 Å². The van der Waals surface area contributed by atoms with Crippen LogP contribution < -0.4 is 5.32 Å². The largest absolute Gasteiger partial charge is 0.325 e. The van der Waals surface area contributed by atoms with Crippen molar-refractivity contribution in [2.45, 2.75) is 18.9 Å². The van der Waals surface area contributed by atoms with E-state index in [1.807, 2.05) is 0 Å². The minimum absolute atomic E-state index is 0.318. The van der Waals surface area contributed by atoms with Crippen molar-refractivity contribution in [3.8, 4) is 12.3 Å². The van der Waals surface area contributed by atoms with Gasteiger partial charge in [0.05, 0.1) is 6.26 Å². The van der Waals surface area contributed by atoms with Crippen LogP contribution in [0.2, 0.25) is 0 Å². The van der Waals surface area contributed by atoms with E-state index in [0.29, 0.717) is 30.6 Å². The maximum atomic E-state index is 12.2. The summed E-state index contributed by atoms with van der Waals surface area (Å²) in [5, 5.41) is 2.72. The highest BCUT2D eigenvalue weighted by atomic mass is 32.2. The third-order valence-electron chi connectivity index (χ3n) is 3.23. The second-order valence-electron chi connectivity index (χ2n) is 4.75. The fourth-order valence-corrected chi connectivity index (χ4v) is 3.44. The first-order valence-electron chi connectivity index (χ1n) is 6.26. The normalized spacial score (nSPS) is 19.5. The first-order valence-corrected chi connectivity index (χ1v) is 8.11. The SMILES string of the molecule is C#Cc1cccc(NC(=O)C2CCCN2S(C)(=O)=O)c1. The Kier molecular flexibility index (Phi) is 4.12. The summed E-state index contributed by atoms with van der Waals surface area (Å²) in [5.41, 5.74) is 1.24. The van der Waals surface area contributed by atoms with E-state index >= 15 is 0 Å². The average Bonchev–Trinajstić information content (AvgIpc) is 2.88. The summed E-state index contributed by atoms with van der Waals surface area (Å²) in [6.07, 6.45) is 7.65. The van der Waals surface area contributed by atoms with E-state index in [0.717, 1.165) is 6.26 Å². The number of carbonyl (C=O) groups is 1. The van der Waals surface area contributed by atoms with Crippen LogP contribution in [0.25, 0.3) is 0 Å². The van der Waals surface area contributed by atoms with E-state index in [1.54, 1.807) is 24.3 Å². The van der Waals surface area contributed by atoms with Gasteiger partial charge in [-0.3, -0.25) is 4.79 Å². The van der Waals surface area contributed by atoms with Crippen LogP contribution >= 0.6 is 0 Å². The predicted molar refractivity (Wildman–Crippen MR) is 77.6 cm³/mol. The number of nitrogens with zero attached hydrogens (tertiary/aromatic N) is 1. The molecule has 0 saturated carbocycles. The topological polar surface area (TPSA) is 66.5 Å². The van der Waals surface area contributed by atoms with Crippen LogP contribution in [-0.4, -0.2) is 37.5 Å². The Bertz CT molecular complexity index is 661. The lowest BCUT2D eigenvalue weighted by Gasteiger charge is -2.21. The maximum absolute atomic E-state index is 12.2. The lowest BCUT2D eigenvalue weighted by atomic mass is 10.2. The zero-order valence-corrected chi connectivity index (χ0v) is 12.0. The Balaban J connectivity index is 2.14. The first kappa shape index (κ1) is 14.6. The van der Waals surface area contributed by atoms with Gasteiger partial charge in [-0.15, -0.1) is 6.42 Å². The highest BCUT2D eigenvalue weighted by molar-refractivity contribution is 7.88. The van der Waals surface area contributed by atoms with Crippen LogP contribution in [0.5, 0.6) is 0 Å². The molecule has 1 aromatic rings. The molecule has 1 amide bonds. The number of amides is 1. The van der Waals surface area contributed by atoms with Crippen molar-refractivity contribution in [2.24, 2.45) is 0 Å². The molecule has 0 bridgehead atoms. The Morgan fingerprint density at radius 1 is 1.50 bits per heavy atom. The molecule has 1 N–H and O–H groups in total. The first-order chi connectivity index (χ1) is 9.41. The van der Waals surface area contributed by atoms with Crippen molar-refractivity contribution in [1.29, 1.82) is 0 Å². The molecule has 1 unspecified atom stereocenters. The molecule has 20 heavy (non-hydrogen) atoms. The summed E-state index contributed by atoms with van der Waals surface area (Å²) in [7, 11) is -3.36. The second-order valence-corrected chi connectivity index (χ2v) is 6.68. The standard InChI is InChI=1S/C14H16N2O3S/c1-3-11-6-4-7-12(10-11)15-14(17)13-8-5-9-16(13)20(2,18)19/h1,4,6-7,10,13H,5,8-9H2,2H3,(H,15,17). The summed E-state index contributed by atoms with van der Waals surface area (Å²) < 4.78 is 24.5. The van der Waals surface area contributed by atoms with E-state index in [1.165, 1.54) is 4.31 Å². The molecule has 0 aliphatic carbocycles. The molecular weight excluding hydrogens is 276 g/mol. The molecule has 5 nitrogen and oxygen atoms in total. The fraction of sp³-hybridized carbons (Fsp3) is 0.357. The van der Waals surface area contributed by atoms with Gasteiger partial charge in [0.2, 0.25) is 15.9 Å². The smallest absolute Gasteiger partial charge is 0.242 e. The van der Waals surface area contributed by atoms with Gasteiger partial charge in [0, 0.05) is 17.8 Å². The van der Waals surface area contributed by atoms with Gasteiger partial charge in [0.15, 0.2) is 0 Å². The van der Waals surface area contributed by atoms with Crippen molar-refractivity contribution in [1.82, 2.24) is 4.31 Å². The minimum Gasteiger partial charge on any atom is -0.325 e. The van der Waals surface area contributed by atoms with Crippen molar-refractivity contribution in [2.75, 3.05) is 18.1 Å².